The van der Waals surface area contributed by atoms with Crippen molar-refractivity contribution in [3.8, 4) is 34.1 Å². The molecule has 0 fully saturated rings. The van der Waals surface area contributed by atoms with Crippen molar-refractivity contribution in [2.45, 2.75) is 6.23 Å². The molecule has 3 aromatic carbocycles. The summed E-state index contributed by atoms with van der Waals surface area (Å²) in [6.07, 6.45) is -0.867. The van der Waals surface area contributed by atoms with Crippen molar-refractivity contribution in [3.05, 3.63) is 42.0 Å². The molecule has 0 saturated carbocycles. The lowest BCUT2D eigenvalue weighted by Crippen LogP contribution is -2.28. The SMILES string of the molecule is COc1ccc2c(c1OC)[C@H](O)N(C)c1c-2ccc2cc3c(cc12)OCO3. The van der Waals surface area contributed by atoms with Gasteiger partial charge in [-0.1, -0.05) is 12.1 Å². The van der Waals surface area contributed by atoms with Crippen LogP contribution in [0.2, 0.25) is 0 Å². The topological polar surface area (TPSA) is 60.4 Å². The smallest absolute Gasteiger partial charge is 0.231 e. The van der Waals surface area contributed by atoms with E-state index in [0.717, 1.165) is 39.1 Å². The van der Waals surface area contributed by atoms with Gasteiger partial charge in [0.15, 0.2) is 29.2 Å². The second-order valence-electron chi connectivity index (χ2n) is 6.64. The molecule has 0 radical (unpaired) electrons. The van der Waals surface area contributed by atoms with Gasteiger partial charge in [0.25, 0.3) is 0 Å². The summed E-state index contributed by atoms with van der Waals surface area (Å²) in [6, 6.07) is 11.9. The molecule has 138 valence electrons. The molecular weight excluding hydrogens is 346 g/mol. The van der Waals surface area contributed by atoms with Gasteiger partial charge in [-0.25, -0.2) is 0 Å². The summed E-state index contributed by atoms with van der Waals surface area (Å²) in [5, 5.41) is 13.1. The molecule has 0 unspecified atom stereocenters. The number of anilines is 1. The maximum absolute atomic E-state index is 11.1. The van der Waals surface area contributed by atoms with Gasteiger partial charge in [-0.2, -0.15) is 0 Å². The maximum atomic E-state index is 11.1. The Morgan fingerprint density at radius 3 is 2.48 bits per heavy atom. The average molecular weight is 365 g/mol. The fourth-order valence-corrected chi connectivity index (χ4v) is 4.05. The molecule has 6 nitrogen and oxygen atoms in total. The fourth-order valence-electron chi connectivity index (χ4n) is 4.05. The Bertz CT molecular complexity index is 1080. The van der Waals surface area contributed by atoms with E-state index in [1.165, 1.54) is 0 Å². The molecule has 3 aromatic rings. The number of aliphatic hydroxyl groups excluding tert-OH is 1. The summed E-state index contributed by atoms with van der Waals surface area (Å²) in [6.45, 7) is 0.228. The number of aliphatic hydroxyl groups is 1. The van der Waals surface area contributed by atoms with E-state index in [4.69, 9.17) is 18.9 Å². The Hall–Kier alpha value is -3.12. The Morgan fingerprint density at radius 1 is 1.00 bits per heavy atom. The van der Waals surface area contributed by atoms with Crippen molar-refractivity contribution >= 4 is 16.5 Å². The predicted molar refractivity (Wildman–Crippen MR) is 102 cm³/mol. The summed E-state index contributed by atoms with van der Waals surface area (Å²) in [5.41, 5.74) is 3.59. The quantitative estimate of drug-likeness (QED) is 0.747. The third-order valence-corrected chi connectivity index (χ3v) is 5.34. The standard InChI is InChI=1S/C21H19NO5/c1-22-19-13(5-4-11-8-16-17(9-14(11)19)27-10-26-16)12-6-7-15(24-2)20(25-3)18(12)21(22)23/h4-9,21,23H,10H2,1-3H3/t21-/m0/s1. The van der Waals surface area contributed by atoms with Gasteiger partial charge in [-0.15, -0.1) is 0 Å². The molecule has 0 aliphatic carbocycles. The summed E-state index contributed by atoms with van der Waals surface area (Å²) in [5.74, 6) is 2.60. The van der Waals surface area contributed by atoms with E-state index in [9.17, 15) is 5.11 Å². The first kappa shape index (κ1) is 16.1. The minimum atomic E-state index is -0.867. The van der Waals surface area contributed by atoms with Gasteiger partial charge in [-0.05, 0) is 35.2 Å². The maximum Gasteiger partial charge on any atom is 0.231 e. The van der Waals surface area contributed by atoms with Gasteiger partial charge in [-0.3, -0.25) is 0 Å². The van der Waals surface area contributed by atoms with E-state index in [1.54, 1.807) is 14.2 Å². The zero-order valence-corrected chi connectivity index (χ0v) is 15.3. The number of rotatable bonds is 2. The van der Waals surface area contributed by atoms with Crippen molar-refractivity contribution in [2.75, 3.05) is 33.0 Å². The van der Waals surface area contributed by atoms with Crippen molar-refractivity contribution < 1.29 is 24.1 Å². The van der Waals surface area contributed by atoms with Gasteiger partial charge >= 0.3 is 0 Å². The minimum absolute atomic E-state index is 0.228. The summed E-state index contributed by atoms with van der Waals surface area (Å²) in [7, 11) is 5.05. The van der Waals surface area contributed by atoms with Crippen LogP contribution in [0, 0.1) is 0 Å². The third kappa shape index (κ3) is 2.10. The number of fused-ring (bicyclic) bond motifs is 6. The van der Waals surface area contributed by atoms with Gasteiger partial charge in [0.05, 0.1) is 25.5 Å². The summed E-state index contributed by atoms with van der Waals surface area (Å²) in [4.78, 5) is 1.85. The van der Waals surface area contributed by atoms with E-state index in [-0.39, 0.29) is 6.79 Å². The zero-order chi connectivity index (χ0) is 18.7. The molecule has 2 heterocycles. The molecule has 0 bridgehead atoms. The van der Waals surface area contributed by atoms with E-state index < -0.39 is 6.23 Å². The van der Waals surface area contributed by atoms with Crippen LogP contribution in [0.15, 0.2) is 36.4 Å². The molecular formula is C21H19NO5. The van der Waals surface area contributed by atoms with Crippen LogP contribution in [-0.4, -0.2) is 33.2 Å². The lowest BCUT2D eigenvalue weighted by atomic mass is 9.89. The molecule has 6 heteroatoms. The highest BCUT2D eigenvalue weighted by Crippen LogP contribution is 2.52. The summed E-state index contributed by atoms with van der Waals surface area (Å²) < 4.78 is 22.0. The van der Waals surface area contributed by atoms with Crippen LogP contribution in [0.1, 0.15) is 11.8 Å². The number of hydrogen-bond acceptors (Lipinski definition) is 6. The molecule has 2 aliphatic rings. The highest BCUT2D eigenvalue weighted by Gasteiger charge is 2.33. The Balaban J connectivity index is 1.84. The van der Waals surface area contributed by atoms with Crippen molar-refractivity contribution in [3.63, 3.8) is 0 Å². The van der Waals surface area contributed by atoms with Crippen LogP contribution >= 0.6 is 0 Å². The Labute approximate surface area is 156 Å². The fraction of sp³-hybridized carbons (Fsp3) is 0.238. The van der Waals surface area contributed by atoms with Crippen LogP contribution in [0.4, 0.5) is 5.69 Å². The van der Waals surface area contributed by atoms with Gasteiger partial charge in [0.2, 0.25) is 6.79 Å². The molecule has 2 aliphatic heterocycles. The lowest BCUT2D eigenvalue weighted by Gasteiger charge is -2.36. The molecule has 1 N–H and O–H groups in total. The molecule has 27 heavy (non-hydrogen) atoms. The number of hydrogen-bond donors (Lipinski definition) is 1. The van der Waals surface area contributed by atoms with Gasteiger partial charge < -0.3 is 29.0 Å². The first-order valence-electron chi connectivity index (χ1n) is 8.66. The van der Waals surface area contributed by atoms with Crippen molar-refractivity contribution in [2.24, 2.45) is 0 Å². The highest BCUT2D eigenvalue weighted by molar-refractivity contribution is 6.05. The molecule has 5 rings (SSSR count). The van der Waals surface area contributed by atoms with Crippen molar-refractivity contribution in [1.82, 2.24) is 0 Å². The number of nitrogens with zero attached hydrogens (tertiary/aromatic N) is 1. The first-order valence-corrected chi connectivity index (χ1v) is 8.66. The number of methoxy groups -OCH3 is 2. The molecule has 1 atom stereocenters. The monoisotopic (exact) mass is 365 g/mol. The molecule has 0 amide bonds. The normalized spacial score (nSPS) is 16.9. The van der Waals surface area contributed by atoms with E-state index in [0.29, 0.717) is 17.1 Å². The van der Waals surface area contributed by atoms with Crippen molar-refractivity contribution in [1.29, 1.82) is 0 Å². The summed E-state index contributed by atoms with van der Waals surface area (Å²) >= 11 is 0. The number of benzene rings is 3. The third-order valence-electron chi connectivity index (χ3n) is 5.34. The predicted octanol–water partition coefficient (Wildman–Crippen LogP) is 3.69. The van der Waals surface area contributed by atoms with Crippen LogP contribution in [0.25, 0.3) is 21.9 Å². The highest BCUT2D eigenvalue weighted by atomic mass is 16.7. The van der Waals surface area contributed by atoms with E-state index in [2.05, 4.69) is 12.1 Å². The van der Waals surface area contributed by atoms with Crippen LogP contribution in [-0.2, 0) is 0 Å². The second kappa shape index (κ2) is 5.69. The Kier molecular flexibility index (Phi) is 3.39. The van der Waals surface area contributed by atoms with Gasteiger partial charge in [0.1, 0.15) is 0 Å². The van der Waals surface area contributed by atoms with Gasteiger partial charge in [0, 0.05) is 18.0 Å². The molecule has 0 saturated heterocycles. The number of ether oxygens (including phenoxy) is 4. The largest absolute Gasteiger partial charge is 0.493 e. The van der Waals surface area contributed by atoms with Crippen LogP contribution < -0.4 is 23.8 Å². The first-order chi connectivity index (χ1) is 13.1. The minimum Gasteiger partial charge on any atom is -0.493 e. The zero-order valence-electron chi connectivity index (χ0n) is 15.3. The Morgan fingerprint density at radius 2 is 1.74 bits per heavy atom. The lowest BCUT2D eigenvalue weighted by molar-refractivity contribution is 0.172. The second-order valence-corrected chi connectivity index (χ2v) is 6.64. The molecule has 0 aromatic heterocycles. The molecule has 0 spiro atoms. The average Bonchev–Trinajstić information content (AvgIpc) is 3.15. The van der Waals surface area contributed by atoms with E-state index >= 15 is 0 Å². The van der Waals surface area contributed by atoms with Crippen LogP contribution in [0.5, 0.6) is 23.0 Å². The van der Waals surface area contributed by atoms with E-state index in [1.807, 2.05) is 36.2 Å². The van der Waals surface area contributed by atoms with Crippen LogP contribution in [0.3, 0.4) is 0 Å².